The van der Waals surface area contributed by atoms with Crippen molar-refractivity contribution in [2.75, 3.05) is 12.4 Å². The zero-order valence-corrected chi connectivity index (χ0v) is 10.0. The van der Waals surface area contributed by atoms with E-state index in [0.29, 0.717) is 5.92 Å². The molecule has 0 amide bonds. The van der Waals surface area contributed by atoms with E-state index in [1.807, 2.05) is 0 Å². The SMILES string of the molecule is COc1ccc2c(c1)C(CBr)CCC2. The van der Waals surface area contributed by atoms with Gasteiger partial charge in [-0.1, -0.05) is 22.0 Å². The van der Waals surface area contributed by atoms with Crippen LogP contribution >= 0.6 is 15.9 Å². The number of hydrogen-bond donors (Lipinski definition) is 0. The van der Waals surface area contributed by atoms with Crippen LogP contribution in [0.15, 0.2) is 18.2 Å². The van der Waals surface area contributed by atoms with Crippen LogP contribution in [0.1, 0.15) is 29.9 Å². The molecule has 0 bridgehead atoms. The number of methoxy groups -OCH3 is 1. The van der Waals surface area contributed by atoms with Gasteiger partial charge in [0.05, 0.1) is 7.11 Å². The summed E-state index contributed by atoms with van der Waals surface area (Å²) >= 11 is 3.59. The molecular weight excluding hydrogens is 240 g/mol. The smallest absolute Gasteiger partial charge is 0.119 e. The van der Waals surface area contributed by atoms with Gasteiger partial charge in [-0.25, -0.2) is 0 Å². The molecule has 2 heteroatoms. The van der Waals surface area contributed by atoms with Crippen molar-refractivity contribution in [1.82, 2.24) is 0 Å². The van der Waals surface area contributed by atoms with Crippen molar-refractivity contribution in [3.8, 4) is 5.75 Å². The normalized spacial score (nSPS) is 20.3. The number of rotatable bonds is 2. The van der Waals surface area contributed by atoms with Crippen LogP contribution < -0.4 is 4.74 Å². The molecule has 1 nitrogen and oxygen atoms in total. The first-order valence-corrected chi connectivity index (χ1v) is 6.20. The summed E-state index contributed by atoms with van der Waals surface area (Å²) in [5.74, 6) is 1.66. The molecule has 0 heterocycles. The molecule has 1 aromatic carbocycles. The van der Waals surface area contributed by atoms with Gasteiger partial charge in [-0.05, 0) is 48.4 Å². The number of benzene rings is 1. The van der Waals surface area contributed by atoms with Crippen molar-refractivity contribution in [3.05, 3.63) is 29.3 Å². The summed E-state index contributed by atoms with van der Waals surface area (Å²) in [6.45, 7) is 0. The molecule has 1 atom stereocenters. The van der Waals surface area contributed by atoms with Gasteiger partial charge < -0.3 is 4.74 Å². The van der Waals surface area contributed by atoms with Gasteiger partial charge in [0.25, 0.3) is 0 Å². The fourth-order valence-corrected chi connectivity index (χ4v) is 2.83. The van der Waals surface area contributed by atoms with Gasteiger partial charge in [0.15, 0.2) is 0 Å². The Morgan fingerprint density at radius 1 is 1.50 bits per heavy atom. The Morgan fingerprint density at radius 3 is 3.07 bits per heavy atom. The van der Waals surface area contributed by atoms with E-state index in [1.54, 1.807) is 7.11 Å². The average molecular weight is 255 g/mol. The van der Waals surface area contributed by atoms with Gasteiger partial charge >= 0.3 is 0 Å². The zero-order chi connectivity index (χ0) is 9.97. The lowest BCUT2D eigenvalue weighted by Crippen LogP contribution is -2.10. The summed E-state index contributed by atoms with van der Waals surface area (Å²) in [5, 5.41) is 1.06. The molecule has 0 saturated carbocycles. The van der Waals surface area contributed by atoms with Crippen LogP contribution in [0.4, 0.5) is 0 Å². The number of ether oxygens (including phenoxy) is 1. The number of alkyl halides is 1. The minimum atomic E-state index is 0.675. The van der Waals surface area contributed by atoms with Gasteiger partial charge in [-0.3, -0.25) is 0 Å². The fourth-order valence-electron chi connectivity index (χ4n) is 2.16. The Labute approximate surface area is 93.6 Å². The summed E-state index contributed by atoms with van der Waals surface area (Å²) in [5.41, 5.74) is 2.98. The van der Waals surface area contributed by atoms with Crippen LogP contribution in [0.2, 0.25) is 0 Å². The molecule has 0 fully saturated rings. The van der Waals surface area contributed by atoms with Crippen molar-refractivity contribution in [3.63, 3.8) is 0 Å². The molecule has 0 spiro atoms. The Morgan fingerprint density at radius 2 is 2.36 bits per heavy atom. The van der Waals surface area contributed by atoms with E-state index in [9.17, 15) is 0 Å². The van der Waals surface area contributed by atoms with Gasteiger partial charge in [-0.2, -0.15) is 0 Å². The molecule has 0 radical (unpaired) electrons. The number of fused-ring (bicyclic) bond motifs is 1. The molecule has 1 aromatic rings. The Bertz CT molecular complexity index is 322. The topological polar surface area (TPSA) is 9.23 Å². The third-order valence-electron chi connectivity index (χ3n) is 2.98. The molecule has 0 aliphatic heterocycles. The second kappa shape index (κ2) is 4.35. The highest BCUT2D eigenvalue weighted by Crippen LogP contribution is 2.34. The van der Waals surface area contributed by atoms with Crippen molar-refractivity contribution >= 4 is 15.9 Å². The van der Waals surface area contributed by atoms with Gasteiger partial charge in [0.2, 0.25) is 0 Å². The van der Waals surface area contributed by atoms with Gasteiger partial charge in [-0.15, -0.1) is 0 Å². The van der Waals surface area contributed by atoms with Crippen LogP contribution in [0.5, 0.6) is 5.75 Å². The van der Waals surface area contributed by atoms with Gasteiger partial charge in [0.1, 0.15) is 5.75 Å². The Balaban J connectivity index is 2.38. The minimum Gasteiger partial charge on any atom is -0.497 e. The number of halogens is 1. The van der Waals surface area contributed by atoms with Crippen LogP contribution in [-0.4, -0.2) is 12.4 Å². The van der Waals surface area contributed by atoms with E-state index in [2.05, 4.69) is 34.1 Å². The molecule has 1 aliphatic carbocycles. The third kappa shape index (κ3) is 1.81. The van der Waals surface area contributed by atoms with Crippen molar-refractivity contribution in [1.29, 1.82) is 0 Å². The number of hydrogen-bond acceptors (Lipinski definition) is 1. The first kappa shape index (κ1) is 10.0. The first-order valence-electron chi connectivity index (χ1n) is 5.08. The maximum Gasteiger partial charge on any atom is 0.119 e. The number of aryl methyl sites for hydroxylation is 1. The minimum absolute atomic E-state index is 0.675. The lowest BCUT2D eigenvalue weighted by atomic mass is 9.84. The quantitative estimate of drug-likeness (QED) is 0.735. The van der Waals surface area contributed by atoms with E-state index < -0.39 is 0 Å². The van der Waals surface area contributed by atoms with Crippen LogP contribution in [0, 0.1) is 0 Å². The van der Waals surface area contributed by atoms with Crippen molar-refractivity contribution < 1.29 is 4.74 Å². The lowest BCUT2D eigenvalue weighted by Gasteiger charge is -2.24. The molecule has 2 rings (SSSR count). The largest absolute Gasteiger partial charge is 0.497 e. The van der Waals surface area contributed by atoms with E-state index >= 15 is 0 Å². The lowest BCUT2D eigenvalue weighted by molar-refractivity contribution is 0.413. The van der Waals surface area contributed by atoms with Crippen molar-refractivity contribution in [2.45, 2.75) is 25.2 Å². The molecule has 1 aliphatic rings. The predicted octanol–water partition coefficient (Wildman–Crippen LogP) is 3.51. The van der Waals surface area contributed by atoms with Gasteiger partial charge in [0, 0.05) is 5.33 Å². The molecule has 76 valence electrons. The third-order valence-corrected chi connectivity index (χ3v) is 3.76. The first-order chi connectivity index (χ1) is 6.85. The molecule has 14 heavy (non-hydrogen) atoms. The summed E-state index contributed by atoms with van der Waals surface area (Å²) in [7, 11) is 1.73. The Kier molecular flexibility index (Phi) is 3.12. The second-order valence-corrected chi connectivity index (χ2v) is 4.46. The zero-order valence-electron chi connectivity index (χ0n) is 8.42. The standard InChI is InChI=1S/C12H15BrO/c1-14-11-6-5-9-3-2-4-10(8-13)12(9)7-11/h5-7,10H,2-4,8H2,1H3. The maximum absolute atomic E-state index is 5.26. The van der Waals surface area contributed by atoms with Crippen LogP contribution in [-0.2, 0) is 6.42 Å². The second-order valence-electron chi connectivity index (χ2n) is 3.81. The fraction of sp³-hybridized carbons (Fsp3) is 0.500. The van der Waals surface area contributed by atoms with E-state index in [4.69, 9.17) is 4.74 Å². The predicted molar refractivity (Wildman–Crippen MR) is 62.5 cm³/mol. The molecular formula is C12H15BrO. The maximum atomic E-state index is 5.26. The summed E-state index contributed by atoms with van der Waals surface area (Å²) < 4.78 is 5.26. The summed E-state index contributed by atoms with van der Waals surface area (Å²) in [6.07, 6.45) is 3.84. The summed E-state index contributed by atoms with van der Waals surface area (Å²) in [4.78, 5) is 0. The van der Waals surface area contributed by atoms with Crippen molar-refractivity contribution in [2.24, 2.45) is 0 Å². The molecule has 0 aromatic heterocycles. The van der Waals surface area contributed by atoms with Crippen LogP contribution in [0.25, 0.3) is 0 Å². The van der Waals surface area contributed by atoms with E-state index in [-0.39, 0.29) is 0 Å². The van der Waals surface area contributed by atoms with Crippen LogP contribution in [0.3, 0.4) is 0 Å². The molecule has 0 N–H and O–H groups in total. The Hall–Kier alpha value is -0.500. The summed E-state index contributed by atoms with van der Waals surface area (Å²) in [6, 6.07) is 6.47. The van der Waals surface area contributed by atoms with E-state index in [0.717, 1.165) is 11.1 Å². The highest BCUT2D eigenvalue weighted by Gasteiger charge is 2.19. The molecule has 0 saturated heterocycles. The average Bonchev–Trinajstić information content (AvgIpc) is 2.27. The highest BCUT2D eigenvalue weighted by atomic mass is 79.9. The monoisotopic (exact) mass is 254 g/mol. The molecule has 1 unspecified atom stereocenters. The van der Waals surface area contributed by atoms with E-state index in [1.165, 1.54) is 30.4 Å². The highest BCUT2D eigenvalue weighted by molar-refractivity contribution is 9.09.